The molecule has 2 aliphatic rings. The molecule has 1 atom stereocenters. The minimum Gasteiger partial charge on any atom is -0.381 e. The van der Waals surface area contributed by atoms with Crippen LogP contribution in [-0.2, 0) is 9.53 Å². The van der Waals surface area contributed by atoms with Gasteiger partial charge in [0.2, 0.25) is 5.91 Å². The molecule has 2 saturated heterocycles. The summed E-state index contributed by atoms with van der Waals surface area (Å²) in [4.78, 5) is 14.8. The summed E-state index contributed by atoms with van der Waals surface area (Å²) in [5.74, 6) is 0.926. The predicted octanol–water partition coefficient (Wildman–Crippen LogP) is 3.23. The van der Waals surface area contributed by atoms with Gasteiger partial charge in [-0.3, -0.25) is 4.79 Å². The molecule has 3 nitrogen and oxygen atoms in total. The molecule has 0 radical (unpaired) electrons. The zero-order chi connectivity index (χ0) is 13.9. The molecule has 2 aliphatic heterocycles. The molecule has 3 heteroatoms. The molecule has 0 aromatic rings. The molecule has 19 heavy (non-hydrogen) atoms. The third-order valence-corrected chi connectivity index (χ3v) is 4.63. The number of amides is 1. The van der Waals surface area contributed by atoms with Gasteiger partial charge in [0.05, 0.1) is 0 Å². The van der Waals surface area contributed by atoms with Crippen LogP contribution in [0.25, 0.3) is 0 Å². The van der Waals surface area contributed by atoms with Crippen molar-refractivity contribution in [1.29, 1.82) is 0 Å². The van der Waals surface area contributed by atoms with Crippen LogP contribution in [0.4, 0.5) is 0 Å². The Morgan fingerprint density at radius 3 is 2.47 bits per heavy atom. The number of carbonyl (C=O) groups is 1. The van der Waals surface area contributed by atoms with Gasteiger partial charge >= 0.3 is 0 Å². The molecule has 2 heterocycles. The lowest BCUT2D eigenvalue weighted by Gasteiger charge is -2.44. The lowest BCUT2D eigenvalue weighted by molar-refractivity contribution is -0.139. The highest BCUT2D eigenvalue weighted by Gasteiger charge is 2.35. The van der Waals surface area contributed by atoms with Crippen molar-refractivity contribution in [2.75, 3.05) is 19.8 Å². The smallest absolute Gasteiger partial charge is 0.223 e. The maximum atomic E-state index is 12.6. The van der Waals surface area contributed by atoms with Crippen LogP contribution in [0.3, 0.4) is 0 Å². The van der Waals surface area contributed by atoms with Crippen molar-refractivity contribution in [2.45, 2.75) is 65.3 Å². The molecule has 1 amide bonds. The van der Waals surface area contributed by atoms with Crippen LogP contribution in [0, 0.1) is 11.3 Å². The molecule has 2 rings (SSSR count). The van der Waals surface area contributed by atoms with Crippen molar-refractivity contribution >= 4 is 5.91 Å². The summed E-state index contributed by atoms with van der Waals surface area (Å²) in [6.07, 6.45) is 6.45. The van der Waals surface area contributed by atoms with Crippen molar-refractivity contribution in [3.8, 4) is 0 Å². The van der Waals surface area contributed by atoms with E-state index in [9.17, 15) is 4.79 Å². The molecule has 0 bridgehead atoms. The number of ether oxygens (including phenoxy) is 1. The van der Waals surface area contributed by atoms with Gasteiger partial charge in [-0.15, -0.1) is 0 Å². The van der Waals surface area contributed by atoms with Crippen LogP contribution in [-0.4, -0.2) is 36.6 Å². The maximum absolute atomic E-state index is 12.6. The summed E-state index contributed by atoms with van der Waals surface area (Å²) in [7, 11) is 0. The Kier molecular flexibility index (Phi) is 4.88. The maximum Gasteiger partial charge on any atom is 0.223 e. The first-order chi connectivity index (χ1) is 8.98. The van der Waals surface area contributed by atoms with Gasteiger partial charge in [-0.05, 0) is 43.4 Å². The number of carbonyl (C=O) groups excluding carboxylic acids is 1. The van der Waals surface area contributed by atoms with Crippen LogP contribution in [0.15, 0.2) is 0 Å². The number of likely N-dealkylation sites (tertiary alicyclic amines) is 1. The van der Waals surface area contributed by atoms with Crippen molar-refractivity contribution in [3.63, 3.8) is 0 Å². The number of hydrogen-bond donors (Lipinski definition) is 0. The second kappa shape index (κ2) is 6.25. The number of rotatable bonds is 2. The summed E-state index contributed by atoms with van der Waals surface area (Å²) in [6.45, 7) is 9.42. The van der Waals surface area contributed by atoms with E-state index in [1.807, 2.05) is 0 Å². The van der Waals surface area contributed by atoms with Crippen LogP contribution in [0.2, 0.25) is 0 Å². The summed E-state index contributed by atoms with van der Waals surface area (Å²) < 4.78 is 5.38. The van der Waals surface area contributed by atoms with Crippen LogP contribution in [0.1, 0.15) is 59.3 Å². The van der Waals surface area contributed by atoms with Crippen LogP contribution >= 0.6 is 0 Å². The van der Waals surface area contributed by atoms with E-state index < -0.39 is 0 Å². The lowest BCUT2D eigenvalue weighted by atomic mass is 9.80. The number of hydrogen-bond acceptors (Lipinski definition) is 2. The van der Waals surface area contributed by atoms with E-state index in [1.165, 1.54) is 19.3 Å². The molecule has 0 aromatic heterocycles. The zero-order valence-electron chi connectivity index (χ0n) is 12.8. The van der Waals surface area contributed by atoms with Gasteiger partial charge in [-0.1, -0.05) is 20.8 Å². The molecule has 0 aromatic carbocycles. The Balaban J connectivity index is 1.95. The Labute approximate surface area is 117 Å². The van der Waals surface area contributed by atoms with E-state index in [1.54, 1.807) is 0 Å². The summed E-state index contributed by atoms with van der Waals surface area (Å²) in [6, 6.07) is 0.425. The lowest BCUT2D eigenvalue weighted by Crippen LogP contribution is -2.50. The van der Waals surface area contributed by atoms with E-state index in [2.05, 4.69) is 25.7 Å². The molecule has 1 unspecified atom stereocenters. The van der Waals surface area contributed by atoms with Crippen LogP contribution < -0.4 is 0 Å². The predicted molar refractivity (Wildman–Crippen MR) is 77.0 cm³/mol. The largest absolute Gasteiger partial charge is 0.381 e. The van der Waals surface area contributed by atoms with Gasteiger partial charge in [0.1, 0.15) is 0 Å². The highest BCUT2D eigenvalue weighted by Crippen LogP contribution is 2.33. The molecule has 110 valence electrons. The van der Waals surface area contributed by atoms with Crippen molar-refractivity contribution < 1.29 is 9.53 Å². The van der Waals surface area contributed by atoms with E-state index in [-0.39, 0.29) is 5.41 Å². The Morgan fingerprint density at radius 2 is 1.84 bits per heavy atom. The van der Waals surface area contributed by atoms with Crippen molar-refractivity contribution in [3.05, 3.63) is 0 Å². The summed E-state index contributed by atoms with van der Waals surface area (Å²) in [5, 5.41) is 0. The second-order valence-corrected chi connectivity index (χ2v) is 7.22. The standard InChI is InChI=1S/C16H29NO2/c1-16(2,3)14-6-4-5-9-17(14)15(18)12-13-7-10-19-11-8-13/h13-14H,4-12H2,1-3H3. The summed E-state index contributed by atoms with van der Waals surface area (Å²) >= 11 is 0. The molecular weight excluding hydrogens is 238 g/mol. The second-order valence-electron chi connectivity index (χ2n) is 7.22. The molecule has 2 fully saturated rings. The minimum absolute atomic E-state index is 0.200. The molecule has 0 saturated carbocycles. The van der Waals surface area contributed by atoms with Crippen molar-refractivity contribution in [2.24, 2.45) is 11.3 Å². The minimum atomic E-state index is 0.200. The third kappa shape index (κ3) is 3.95. The average Bonchev–Trinajstić information content (AvgIpc) is 2.39. The fourth-order valence-corrected chi connectivity index (χ4v) is 3.45. The molecule has 0 spiro atoms. The highest BCUT2D eigenvalue weighted by molar-refractivity contribution is 5.77. The number of piperidine rings is 1. The molecule has 0 N–H and O–H groups in total. The highest BCUT2D eigenvalue weighted by atomic mass is 16.5. The third-order valence-electron chi connectivity index (χ3n) is 4.63. The Hall–Kier alpha value is -0.570. The van der Waals surface area contributed by atoms with E-state index in [0.29, 0.717) is 17.9 Å². The van der Waals surface area contributed by atoms with Gasteiger partial charge < -0.3 is 9.64 Å². The SMILES string of the molecule is CC(C)(C)C1CCCCN1C(=O)CC1CCOCC1. The first-order valence-corrected chi connectivity index (χ1v) is 7.85. The van der Waals surface area contributed by atoms with Gasteiger partial charge in [-0.2, -0.15) is 0 Å². The topological polar surface area (TPSA) is 29.5 Å². The summed E-state index contributed by atoms with van der Waals surface area (Å²) in [5.41, 5.74) is 0.200. The van der Waals surface area contributed by atoms with Crippen LogP contribution in [0.5, 0.6) is 0 Å². The van der Waals surface area contributed by atoms with Gasteiger partial charge in [0, 0.05) is 32.2 Å². The number of nitrogens with zero attached hydrogens (tertiary/aromatic N) is 1. The van der Waals surface area contributed by atoms with E-state index in [0.717, 1.165) is 39.0 Å². The van der Waals surface area contributed by atoms with E-state index in [4.69, 9.17) is 4.74 Å². The molecular formula is C16H29NO2. The average molecular weight is 267 g/mol. The fourth-order valence-electron chi connectivity index (χ4n) is 3.45. The van der Waals surface area contributed by atoms with Crippen molar-refractivity contribution in [1.82, 2.24) is 4.90 Å². The Bertz CT molecular complexity index is 302. The zero-order valence-corrected chi connectivity index (χ0v) is 12.8. The first-order valence-electron chi connectivity index (χ1n) is 7.85. The first kappa shape index (κ1) is 14.8. The monoisotopic (exact) mass is 267 g/mol. The fraction of sp³-hybridized carbons (Fsp3) is 0.938. The van der Waals surface area contributed by atoms with Gasteiger partial charge in [0.15, 0.2) is 0 Å². The van der Waals surface area contributed by atoms with Gasteiger partial charge in [-0.25, -0.2) is 0 Å². The normalized spacial score (nSPS) is 26.5. The van der Waals surface area contributed by atoms with E-state index >= 15 is 0 Å². The molecule has 0 aliphatic carbocycles. The van der Waals surface area contributed by atoms with Gasteiger partial charge in [0.25, 0.3) is 0 Å². The quantitative estimate of drug-likeness (QED) is 0.768. The Morgan fingerprint density at radius 1 is 1.16 bits per heavy atom.